The maximum atomic E-state index is 6.33. The summed E-state index contributed by atoms with van der Waals surface area (Å²) in [5.41, 5.74) is 1.11. The predicted octanol–water partition coefficient (Wildman–Crippen LogP) is 6.00. The monoisotopic (exact) mass is 313 g/mol. The van der Waals surface area contributed by atoms with E-state index in [2.05, 4.69) is 25.2 Å². The SMILES string of the molecule is CCC(NC(C)c1cccc(Cl)c1Cl)C1CCCCC1. The van der Waals surface area contributed by atoms with E-state index in [1.807, 2.05) is 12.1 Å². The first-order valence-corrected chi connectivity index (χ1v) is 8.59. The lowest BCUT2D eigenvalue weighted by Gasteiger charge is -2.33. The molecule has 0 amide bonds. The number of hydrogen-bond donors (Lipinski definition) is 1. The fraction of sp³-hybridized carbons (Fsp3) is 0.647. The number of rotatable bonds is 5. The molecule has 1 aliphatic rings. The van der Waals surface area contributed by atoms with E-state index in [1.165, 1.54) is 38.5 Å². The first-order chi connectivity index (χ1) is 9.63. The Hall–Kier alpha value is -0.240. The smallest absolute Gasteiger partial charge is 0.0639 e. The number of halogens is 2. The Morgan fingerprint density at radius 2 is 1.90 bits per heavy atom. The normalized spacial score (nSPS) is 19.8. The highest BCUT2D eigenvalue weighted by atomic mass is 35.5. The van der Waals surface area contributed by atoms with Crippen molar-refractivity contribution in [3.8, 4) is 0 Å². The largest absolute Gasteiger partial charge is 0.307 e. The van der Waals surface area contributed by atoms with E-state index in [1.54, 1.807) is 0 Å². The van der Waals surface area contributed by atoms with Crippen molar-refractivity contribution in [3.63, 3.8) is 0 Å². The molecule has 2 rings (SSSR count). The third-order valence-electron chi connectivity index (χ3n) is 4.57. The van der Waals surface area contributed by atoms with E-state index in [0.717, 1.165) is 11.5 Å². The van der Waals surface area contributed by atoms with Gasteiger partial charge in [0.2, 0.25) is 0 Å². The molecule has 1 N–H and O–H groups in total. The van der Waals surface area contributed by atoms with Crippen molar-refractivity contribution in [2.45, 2.75) is 64.5 Å². The van der Waals surface area contributed by atoms with Crippen molar-refractivity contribution in [1.29, 1.82) is 0 Å². The second-order valence-corrected chi connectivity index (χ2v) is 6.73. The second kappa shape index (κ2) is 7.68. The molecule has 0 aliphatic heterocycles. The van der Waals surface area contributed by atoms with E-state index >= 15 is 0 Å². The quantitative estimate of drug-likeness (QED) is 0.702. The fourth-order valence-corrected chi connectivity index (χ4v) is 3.86. The van der Waals surface area contributed by atoms with Crippen LogP contribution in [0.3, 0.4) is 0 Å². The average molecular weight is 314 g/mol. The number of benzene rings is 1. The standard InChI is InChI=1S/C17H25Cl2N/c1-3-16(13-8-5-4-6-9-13)20-12(2)14-10-7-11-15(18)17(14)19/h7,10-13,16,20H,3-6,8-9H2,1-2H3. The maximum Gasteiger partial charge on any atom is 0.0639 e. The van der Waals surface area contributed by atoms with Gasteiger partial charge in [0, 0.05) is 12.1 Å². The number of nitrogens with one attached hydrogen (secondary N) is 1. The Kier molecular flexibility index (Phi) is 6.20. The molecule has 0 aromatic heterocycles. The Balaban J connectivity index is 2.04. The molecule has 112 valence electrons. The van der Waals surface area contributed by atoms with Gasteiger partial charge in [-0.2, -0.15) is 0 Å². The lowest BCUT2D eigenvalue weighted by Crippen LogP contribution is -2.38. The van der Waals surface area contributed by atoms with Crippen LogP contribution in [0.4, 0.5) is 0 Å². The lowest BCUT2D eigenvalue weighted by atomic mass is 9.82. The van der Waals surface area contributed by atoms with Gasteiger partial charge in [0.1, 0.15) is 0 Å². The first-order valence-electron chi connectivity index (χ1n) is 7.83. The summed E-state index contributed by atoms with van der Waals surface area (Å²) in [4.78, 5) is 0. The molecule has 2 atom stereocenters. The highest BCUT2D eigenvalue weighted by Gasteiger charge is 2.24. The Morgan fingerprint density at radius 1 is 1.20 bits per heavy atom. The van der Waals surface area contributed by atoms with Crippen LogP contribution in [-0.4, -0.2) is 6.04 Å². The van der Waals surface area contributed by atoms with Crippen LogP contribution in [0.25, 0.3) is 0 Å². The summed E-state index contributed by atoms with van der Waals surface area (Å²) in [6, 6.07) is 6.72. The Labute approximate surface area is 133 Å². The van der Waals surface area contributed by atoms with Gasteiger partial charge in [-0.3, -0.25) is 0 Å². The third kappa shape index (κ3) is 3.90. The van der Waals surface area contributed by atoms with Gasteiger partial charge in [-0.25, -0.2) is 0 Å². The fourth-order valence-electron chi connectivity index (χ4n) is 3.39. The zero-order valence-electron chi connectivity index (χ0n) is 12.5. The van der Waals surface area contributed by atoms with Crippen LogP contribution < -0.4 is 5.32 Å². The van der Waals surface area contributed by atoms with Crippen molar-refractivity contribution in [2.75, 3.05) is 0 Å². The average Bonchev–Trinajstić information content (AvgIpc) is 2.48. The van der Waals surface area contributed by atoms with Gasteiger partial charge in [0.15, 0.2) is 0 Å². The summed E-state index contributed by atoms with van der Waals surface area (Å²) in [5, 5.41) is 5.11. The summed E-state index contributed by atoms with van der Waals surface area (Å²) < 4.78 is 0. The van der Waals surface area contributed by atoms with E-state index in [4.69, 9.17) is 23.2 Å². The van der Waals surface area contributed by atoms with Gasteiger partial charge in [-0.15, -0.1) is 0 Å². The minimum absolute atomic E-state index is 0.244. The molecule has 1 aliphatic carbocycles. The highest BCUT2D eigenvalue weighted by Crippen LogP contribution is 2.32. The lowest BCUT2D eigenvalue weighted by molar-refractivity contribution is 0.249. The van der Waals surface area contributed by atoms with Crippen molar-refractivity contribution >= 4 is 23.2 Å². The molecule has 20 heavy (non-hydrogen) atoms. The summed E-state index contributed by atoms with van der Waals surface area (Å²) in [7, 11) is 0. The molecule has 0 bridgehead atoms. The van der Waals surface area contributed by atoms with Gasteiger partial charge in [0.25, 0.3) is 0 Å². The molecule has 0 saturated heterocycles. The molecule has 1 fully saturated rings. The summed E-state index contributed by atoms with van der Waals surface area (Å²) in [5.74, 6) is 0.814. The van der Waals surface area contributed by atoms with Crippen LogP contribution >= 0.6 is 23.2 Å². The molecule has 1 aromatic rings. The summed E-state index contributed by atoms with van der Waals surface area (Å²) >= 11 is 12.4. The summed E-state index contributed by atoms with van der Waals surface area (Å²) in [6.07, 6.45) is 8.07. The Bertz CT molecular complexity index is 427. The van der Waals surface area contributed by atoms with Crippen LogP contribution in [0.2, 0.25) is 10.0 Å². The van der Waals surface area contributed by atoms with E-state index in [-0.39, 0.29) is 6.04 Å². The van der Waals surface area contributed by atoms with E-state index in [9.17, 15) is 0 Å². The van der Waals surface area contributed by atoms with Gasteiger partial charge in [-0.05, 0) is 43.7 Å². The molecule has 0 heterocycles. The number of hydrogen-bond acceptors (Lipinski definition) is 1. The second-order valence-electron chi connectivity index (χ2n) is 5.94. The third-order valence-corrected chi connectivity index (χ3v) is 5.40. The van der Waals surface area contributed by atoms with Crippen molar-refractivity contribution in [3.05, 3.63) is 33.8 Å². The maximum absolute atomic E-state index is 6.33. The first kappa shape index (κ1) is 16.1. The molecule has 0 radical (unpaired) electrons. The zero-order valence-corrected chi connectivity index (χ0v) is 14.0. The molecule has 1 saturated carbocycles. The summed E-state index contributed by atoms with van der Waals surface area (Å²) in [6.45, 7) is 4.46. The minimum atomic E-state index is 0.244. The highest BCUT2D eigenvalue weighted by molar-refractivity contribution is 6.42. The molecule has 1 aromatic carbocycles. The van der Waals surface area contributed by atoms with Gasteiger partial charge < -0.3 is 5.32 Å². The van der Waals surface area contributed by atoms with Gasteiger partial charge in [0.05, 0.1) is 10.0 Å². The molecule has 3 heteroatoms. The molecular formula is C17H25Cl2N. The van der Waals surface area contributed by atoms with Gasteiger partial charge >= 0.3 is 0 Å². The van der Waals surface area contributed by atoms with Crippen molar-refractivity contribution in [1.82, 2.24) is 5.32 Å². The van der Waals surface area contributed by atoms with Crippen LogP contribution in [0, 0.1) is 5.92 Å². The molecular weight excluding hydrogens is 289 g/mol. The minimum Gasteiger partial charge on any atom is -0.307 e. The van der Waals surface area contributed by atoms with Crippen LogP contribution in [0.5, 0.6) is 0 Å². The topological polar surface area (TPSA) is 12.0 Å². The molecule has 0 spiro atoms. The van der Waals surface area contributed by atoms with Crippen molar-refractivity contribution in [2.24, 2.45) is 5.92 Å². The van der Waals surface area contributed by atoms with Gasteiger partial charge in [-0.1, -0.05) is 61.5 Å². The van der Waals surface area contributed by atoms with E-state index < -0.39 is 0 Å². The zero-order chi connectivity index (χ0) is 14.5. The molecule has 2 unspecified atom stereocenters. The van der Waals surface area contributed by atoms with Crippen LogP contribution in [-0.2, 0) is 0 Å². The van der Waals surface area contributed by atoms with Crippen LogP contribution in [0.15, 0.2) is 18.2 Å². The Morgan fingerprint density at radius 3 is 2.55 bits per heavy atom. The van der Waals surface area contributed by atoms with Crippen LogP contribution in [0.1, 0.15) is 64.0 Å². The molecule has 1 nitrogen and oxygen atoms in total. The predicted molar refractivity (Wildman–Crippen MR) is 88.7 cm³/mol. The van der Waals surface area contributed by atoms with Crippen molar-refractivity contribution < 1.29 is 0 Å². The van der Waals surface area contributed by atoms with E-state index in [0.29, 0.717) is 16.1 Å².